The number of hydrogen-bond donors (Lipinski definition) is 1. The lowest BCUT2D eigenvalue weighted by Crippen LogP contribution is -2.16. The van der Waals surface area contributed by atoms with Gasteiger partial charge in [0, 0.05) is 22.8 Å². The van der Waals surface area contributed by atoms with E-state index in [0.717, 1.165) is 11.1 Å². The molecular formula is C24H22ClFN4O3. The highest BCUT2D eigenvalue weighted by atomic mass is 35.5. The molecule has 0 bridgehead atoms. The predicted molar refractivity (Wildman–Crippen MR) is 122 cm³/mol. The summed E-state index contributed by atoms with van der Waals surface area (Å²) in [4.78, 5) is 12.8. The molecule has 7 nitrogen and oxygen atoms in total. The zero-order valence-electron chi connectivity index (χ0n) is 18.4. The third-order valence-corrected chi connectivity index (χ3v) is 5.40. The van der Waals surface area contributed by atoms with Crippen molar-refractivity contribution in [2.75, 3.05) is 5.32 Å². The summed E-state index contributed by atoms with van der Waals surface area (Å²) in [5.74, 6) is 0.568. The van der Waals surface area contributed by atoms with Crippen molar-refractivity contribution >= 4 is 23.3 Å². The lowest BCUT2D eigenvalue weighted by Gasteiger charge is -2.09. The second kappa shape index (κ2) is 9.46. The predicted octanol–water partition coefficient (Wildman–Crippen LogP) is 5.47. The quantitative estimate of drug-likeness (QED) is 0.389. The summed E-state index contributed by atoms with van der Waals surface area (Å²) in [5, 5.41) is 11.2. The third-order valence-electron chi connectivity index (χ3n) is 5.04. The Morgan fingerprint density at radius 3 is 2.64 bits per heavy atom. The van der Waals surface area contributed by atoms with Gasteiger partial charge in [0.25, 0.3) is 5.91 Å². The van der Waals surface area contributed by atoms with E-state index in [1.54, 1.807) is 25.3 Å². The summed E-state index contributed by atoms with van der Waals surface area (Å²) in [6, 6.07) is 12.0. The minimum Gasteiger partial charge on any atom is -0.489 e. The molecule has 0 aliphatic rings. The Labute approximate surface area is 195 Å². The van der Waals surface area contributed by atoms with Crippen molar-refractivity contribution in [2.24, 2.45) is 0 Å². The number of carbonyl (C=O) groups excluding carboxylic acids is 1. The molecular weight excluding hydrogens is 447 g/mol. The molecule has 0 aliphatic carbocycles. The summed E-state index contributed by atoms with van der Waals surface area (Å²) in [5.41, 5.74) is 3.14. The summed E-state index contributed by atoms with van der Waals surface area (Å²) in [6.07, 6.45) is 1.62. The molecule has 9 heteroatoms. The molecule has 0 radical (unpaired) electrons. The van der Waals surface area contributed by atoms with Gasteiger partial charge >= 0.3 is 0 Å². The van der Waals surface area contributed by atoms with Crippen LogP contribution in [-0.2, 0) is 13.2 Å². The van der Waals surface area contributed by atoms with Gasteiger partial charge in [-0.2, -0.15) is 5.10 Å². The Bertz CT molecular complexity index is 1270. The molecule has 0 fully saturated rings. The van der Waals surface area contributed by atoms with E-state index in [1.807, 2.05) is 26.0 Å². The number of amides is 1. The SMILES string of the molecule is Cc1cc(C)cc(OCc2c(C(=O)Nc3ccn(Cc4c(F)cccc4Cl)n3)noc2C)c1. The molecule has 33 heavy (non-hydrogen) atoms. The molecule has 2 heterocycles. The van der Waals surface area contributed by atoms with Crippen LogP contribution < -0.4 is 10.1 Å². The normalized spacial score (nSPS) is 10.9. The molecule has 170 valence electrons. The first-order valence-electron chi connectivity index (χ1n) is 10.2. The number of aromatic nitrogens is 3. The van der Waals surface area contributed by atoms with E-state index >= 15 is 0 Å². The fourth-order valence-electron chi connectivity index (χ4n) is 3.45. The van der Waals surface area contributed by atoms with Gasteiger partial charge in [-0.1, -0.05) is 28.9 Å². The number of anilines is 1. The number of halogens is 2. The number of nitrogens with zero attached hydrogens (tertiary/aromatic N) is 3. The molecule has 0 saturated heterocycles. The topological polar surface area (TPSA) is 82.2 Å². The molecule has 4 aromatic rings. The van der Waals surface area contributed by atoms with Crippen LogP contribution in [0.1, 0.15) is 38.5 Å². The highest BCUT2D eigenvalue weighted by Crippen LogP contribution is 2.22. The van der Waals surface area contributed by atoms with E-state index < -0.39 is 11.7 Å². The summed E-state index contributed by atoms with van der Waals surface area (Å²) in [7, 11) is 0. The van der Waals surface area contributed by atoms with E-state index in [2.05, 4.69) is 21.6 Å². The average molecular weight is 469 g/mol. The van der Waals surface area contributed by atoms with Crippen LogP contribution in [0.25, 0.3) is 0 Å². The Morgan fingerprint density at radius 1 is 1.15 bits per heavy atom. The van der Waals surface area contributed by atoms with Crippen LogP contribution in [0.5, 0.6) is 5.75 Å². The Hall–Kier alpha value is -3.65. The van der Waals surface area contributed by atoms with E-state index in [0.29, 0.717) is 27.7 Å². The number of nitrogens with one attached hydrogen (secondary N) is 1. The van der Waals surface area contributed by atoms with Crippen molar-refractivity contribution in [2.45, 2.75) is 33.9 Å². The van der Waals surface area contributed by atoms with Crippen LogP contribution in [0.15, 0.2) is 53.2 Å². The maximum atomic E-state index is 14.0. The van der Waals surface area contributed by atoms with Crippen LogP contribution in [0.2, 0.25) is 5.02 Å². The molecule has 1 N–H and O–H groups in total. The van der Waals surface area contributed by atoms with E-state index in [-0.39, 0.29) is 24.7 Å². The van der Waals surface area contributed by atoms with Gasteiger partial charge < -0.3 is 14.6 Å². The first-order chi connectivity index (χ1) is 15.8. The molecule has 2 aromatic carbocycles. The van der Waals surface area contributed by atoms with Gasteiger partial charge in [0.1, 0.15) is 23.9 Å². The average Bonchev–Trinajstić information content (AvgIpc) is 3.34. The number of carbonyl (C=O) groups is 1. The van der Waals surface area contributed by atoms with Crippen LogP contribution in [0.4, 0.5) is 10.2 Å². The summed E-state index contributed by atoms with van der Waals surface area (Å²) < 4.78 is 26.6. The van der Waals surface area contributed by atoms with Crippen molar-refractivity contribution < 1.29 is 18.4 Å². The number of ether oxygens (including phenoxy) is 1. The maximum absolute atomic E-state index is 14.0. The van der Waals surface area contributed by atoms with Gasteiger partial charge in [0.05, 0.1) is 12.1 Å². The molecule has 1 amide bonds. The monoisotopic (exact) mass is 468 g/mol. The smallest absolute Gasteiger partial charge is 0.279 e. The van der Waals surface area contributed by atoms with Crippen molar-refractivity contribution in [3.8, 4) is 5.75 Å². The molecule has 0 unspecified atom stereocenters. The van der Waals surface area contributed by atoms with Crippen LogP contribution in [0.3, 0.4) is 0 Å². The Morgan fingerprint density at radius 2 is 1.91 bits per heavy atom. The largest absolute Gasteiger partial charge is 0.489 e. The zero-order chi connectivity index (χ0) is 23.5. The fraction of sp³-hybridized carbons (Fsp3) is 0.208. The first-order valence-corrected chi connectivity index (χ1v) is 10.6. The number of hydrogen-bond acceptors (Lipinski definition) is 5. The summed E-state index contributed by atoms with van der Waals surface area (Å²) >= 11 is 6.08. The van der Waals surface area contributed by atoms with Crippen LogP contribution in [-0.4, -0.2) is 20.8 Å². The Kier molecular flexibility index (Phi) is 6.46. The molecule has 2 aromatic heterocycles. The second-order valence-corrected chi connectivity index (χ2v) is 8.14. The summed E-state index contributed by atoms with van der Waals surface area (Å²) in [6.45, 7) is 5.95. The fourth-order valence-corrected chi connectivity index (χ4v) is 3.67. The van der Waals surface area contributed by atoms with E-state index in [9.17, 15) is 9.18 Å². The van der Waals surface area contributed by atoms with Gasteiger partial charge in [0.2, 0.25) is 0 Å². The van der Waals surface area contributed by atoms with Gasteiger partial charge in [0.15, 0.2) is 11.5 Å². The lowest BCUT2D eigenvalue weighted by atomic mass is 10.1. The van der Waals surface area contributed by atoms with Crippen LogP contribution >= 0.6 is 11.6 Å². The van der Waals surface area contributed by atoms with E-state index in [4.69, 9.17) is 20.9 Å². The Balaban J connectivity index is 1.45. The third kappa shape index (κ3) is 5.23. The molecule has 0 aliphatic heterocycles. The van der Waals surface area contributed by atoms with Gasteiger partial charge in [-0.15, -0.1) is 0 Å². The van der Waals surface area contributed by atoms with Gasteiger partial charge in [-0.3, -0.25) is 9.48 Å². The number of rotatable bonds is 7. The van der Waals surface area contributed by atoms with Crippen molar-refractivity contribution in [3.05, 3.63) is 93.2 Å². The maximum Gasteiger partial charge on any atom is 0.279 e. The first kappa shape index (κ1) is 22.5. The second-order valence-electron chi connectivity index (χ2n) is 7.73. The highest BCUT2D eigenvalue weighted by Gasteiger charge is 2.21. The van der Waals surface area contributed by atoms with Gasteiger partial charge in [-0.05, 0) is 56.2 Å². The zero-order valence-corrected chi connectivity index (χ0v) is 19.1. The number of benzene rings is 2. The van der Waals surface area contributed by atoms with Crippen molar-refractivity contribution in [3.63, 3.8) is 0 Å². The van der Waals surface area contributed by atoms with Crippen molar-refractivity contribution in [1.82, 2.24) is 14.9 Å². The van der Waals surface area contributed by atoms with E-state index in [1.165, 1.54) is 16.8 Å². The molecule has 4 rings (SSSR count). The molecule has 0 saturated carbocycles. The number of aryl methyl sites for hydroxylation is 3. The van der Waals surface area contributed by atoms with Gasteiger partial charge in [-0.25, -0.2) is 4.39 Å². The van der Waals surface area contributed by atoms with Crippen molar-refractivity contribution in [1.29, 1.82) is 0 Å². The molecule has 0 atom stereocenters. The highest BCUT2D eigenvalue weighted by molar-refractivity contribution is 6.31. The molecule has 0 spiro atoms. The lowest BCUT2D eigenvalue weighted by molar-refractivity contribution is 0.101. The minimum absolute atomic E-state index is 0.114. The van der Waals surface area contributed by atoms with Crippen LogP contribution in [0, 0.1) is 26.6 Å². The minimum atomic E-state index is -0.486. The standard InChI is InChI=1S/C24H22ClFN4O3/c1-14-9-15(2)11-17(10-14)32-13-19-16(3)33-29-23(19)24(31)27-22-7-8-30(28-22)12-18-20(25)5-4-6-21(18)26/h4-11H,12-13H2,1-3H3,(H,27,28,31).